The number of nitrogens with two attached hydrogens (primary N) is 1. The molecule has 2 amide bonds. The molecule has 0 saturated carbocycles. The van der Waals surface area contributed by atoms with Crippen LogP contribution in [0.3, 0.4) is 0 Å². The molecule has 0 fully saturated rings. The number of primary amides is 1. The summed E-state index contributed by atoms with van der Waals surface area (Å²) in [5.41, 5.74) is 4.93. The summed E-state index contributed by atoms with van der Waals surface area (Å²) in [5, 5.41) is 5.54. The topological polar surface area (TPSA) is 92.9 Å². The minimum absolute atomic E-state index is 0.457. The second-order valence-corrected chi connectivity index (χ2v) is 3.88. The van der Waals surface area contributed by atoms with Gasteiger partial charge in [-0.3, -0.25) is 0 Å². The monoisotopic (exact) mass is 287 g/mol. The molecular weight excluding hydrogens is 274 g/mol. The van der Waals surface area contributed by atoms with Gasteiger partial charge in [-0.05, 0) is 15.9 Å². The molecule has 0 aliphatic carbocycles. The lowest BCUT2D eigenvalue weighted by molar-refractivity contribution is 0.249. The molecule has 1 heterocycles. The highest BCUT2D eigenvalue weighted by atomic mass is 79.9. The number of carbonyl (C=O) groups excluding carboxylic acids is 1. The number of hydrogen-bond acceptors (Lipinski definition) is 4. The van der Waals surface area contributed by atoms with Crippen molar-refractivity contribution in [1.82, 2.24) is 15.3 Å². The van der Waals surface area contributed by atoms with Gasteiger partial charge >= 0.3 is 6.03 Å². The number of rotatable bonds is 5. The van der Waals surface area contributed by atoms with Crippen LogP contribution in [0.5, 0.6) is 0 Å². The van der Waals surface area contributed by atoms with Gasteiger partial charge in [0.2, 0.25) is 0 Å². The highest BCUT2D eigenvalue weighted by molar-refractivity contribution is 9.10. The average Bonchev–Trinajstić information content (AvgIpc) is 2.23. The average molecular weight is 288 g/mol. The third-order valence-electron chi connectivity index (χ3n) is 1.79. The van der Waals surface area contributed by atoms with Crippen LogP contribution in [0.15, 0.2) is 10.7 Å². The lowest BCUT2D eigenvalue weighted by Crippen LogP contribution is -2.33. The van der Waals surface area contributed by atoms with Crippen molar-refractivity contribution in [1.29, 1.82) is 0 Å². The van der Waals surface area contributed by atoms with Gasteiger partial charge < -0.3 is 16.4 Å². The van der Waals surface area contributed by atoms with Gasteiger partial charge in [-0.15, -0.1) is 0 Å². The van der Waals surface area contributed by atoms with Crippen molar-refractivity contribution in [2.45, 2.75) is 13.3 Å². The van der Waals surface area contributed by atoms with Crippen LogP contribution in [0.25, 0.3) is 0 Å². The normalized spacial score (nSPS) is 9.88. The van der Waals surface area contributed by atoms with E-state index in [1.165, 1.54) is 0 Å². The van der Waals surface area contributed by atoms with Crippen molar-refractivity contribution in [2.75, 3.05) is 18.4 Å². The largest absolute Gasteiger partial charge is 0.368 e. The Kier molecular flexibility index (Phi) is 4.97. The Labute approximate surface area is 102 Å². The Morgan fingerprint density at radius 2 is 2.25 bits per heavy atom. The molecule has 88 valence electrons. The molecule has 16 heavy (non-hydrogen) atoms. The summed E-state index contributed by atoms with van der Waals surface area (Å²) in [4.78, 5) is 18.9. The van der Waals surface area contributed by atoms with E-state index >= 15 is 0 Å². The standard InChI is InChI=1S/C9H14BrN5O/c1-2-7-14-6(10)5-8(15-7)12-3-4-13-9(11)16/h5H,2-4H2,1H3,(H3,11,13,16)(H,12,14,15). The quantitative estimate of drug-likeness (QED) is 0.554. The molecular formula is C9H14BrN5O. The molecule has 0 atom stereocenters. The lowest BCUT2D eigenvalue weighted by atomic mass is 10.4. The van der Waals surface area contributed by atoms with Crippen molar-refractivity contribution < 1.29 is 4.79 Å². The predicted molar refractivity (Wildman–Crippen MR) is 65.2 cm³/mol. The van der Waals surface area contributed by atoms with Crippen LogP contribution >= 0.6 is 15.9 Å². The summed E-state index contributed by atoms with van der Waals surface area (Å²) in [6.07, 6.45) is 0.771. The maximum Gasteiger partial charge on any atom is 0.312 e. The highest BCUT2D eigenvalue weighted by Gasteiger charge is 2.00. The fourth-order valence-corrected chi connectivity index (χ4v) is 1.51. The number of aromatic nitrogens is 2. The number of amides is 2. The van der Waals surface area contributed by atoms with Gasteiger partial charge in [0.1, 0.15) is 16.2 Å². The molecule has 1 aromatic heterocycles. The first-order valence-electron chi connectivity index (χ1n) is 4.92. The number of halogens is 1. The highest BCUT2D eigenvalue weighted by Crippen LogP contribution is 2.12. The molecule has 0 aromatic carbocycles. The number of aryl methyl sites for hydroxylation is 1. The van der Waals surface area contributed by atoms with E-state index in [2.05, 4.69) is 36.5 Å². The second kappa shape index (κ2) is 6.26. The minimum atomic E-state index is -0.528. The summed E-state index contributed by atoms with van der Waals surface area (Å²) >= 11 is 3.31. The Morgan fingerprint density at radius 3 is 2.88 bits per heavy atom. The van der Waals surface area contributed by atoms with Gasteiger partial charge in [0.05, 0.1) is 0 Å². The maximum absolute atomic E-state index is 10.4. The van der Waals surface area contributed by atoms with Gasteiger partial charge in [0.15, 0.2) is 0 Å². The van der Waals surface area contributed by atoms with Crippen LogP contribution in [0.4, 0.5) is 10.6 Å². The summed E-state index contributed by atoms with van der Waals surface area (Å²) in [6.45, 7) is 3.01. The zero-order valence-electron chi connectivity index (χ0n) is 8.96. The first-order chi connectivity index (χ1) is 7.61. The molecule has 0 bridgehead atoms. The van der Waals surface area contributed by atoms with Crippen LogP contribution in [0, 0.1) is 0 Å². The van der Waals surface area contributed by atoms with Crippen molar-refractivity contribution in [3.8, 4) is 0 Å². The third-order valence-corrected chi connectivity index (χ3v) is 2.19. The van der Waals surface area contributed by atoms with Gasteiger partial charge in [-0.25, -0.2) is 14.8 Å². The van der Waals surface area contributed by atoms with E-state index in [1.807, 2.05) is 6.92 Å². The van der Waals surface area contributed by atoms with E-state index in [4.69, 9.17) is 5.73 Å². The van der Waals surface area contributed by atoms with Gasteiger partial charge in [-0.2, -0.15) is 0 Å². The number of hydrogen-bond donors (Lipinski definition) is 3. The van der Waals surface area contributed by atoms with E-state index in [-0.39, 0.29) is 0 Å². The summed E-state index contributed by atoms with van der Waals surface area (Å²) in [5.74, 6) is 1.49. The number of urea groups is 1. The smallest absolute Gasteiger partial charge is 0.312 e. The van der Waals surface area contributed by atoms with Crippen molar-refractivity contribution in [3.05, 3.63) is 16.5 Å². The fraction of sp³-hybridized carbons (Fsp3) is 0.444. The molecule has 7 heteroatoms. The molecule has 0 spiro atoms. The maximum atomic E-state index is 10.4. The van der Waals surface area contributed by atoms with Gasteiger partial charge in [-0.1, -0.05) is 6.92 Å². The molecule has 0 aliphatic heterocycles. The van der Waals surface area contributed by atoms with Crippen molar-refractivity contribution in [2.24, 2.45) is 5.73 Å². The number of nitrogens with zero attached hydrogens (tertiary/aromatic N) is 2. The fourth-order valence-electron chi connectivity index (χ4n) is 1.09. The van der Waals surface area contributed by atoms with Crippen LogP contribution < -0.4 is 16.4 Å². The molecule has 0 unspecified atom stereocenters. The van der Waals surface area contributed by atoms with Crippen LogP contribution in [0.2, 0.25) is 0 Å². The molecule has 6 nitrogen and oxygen atoms in total. The van der Waals surface area contributed by atoms with Crippen molar-refractivity contribution in [3.63, 3.8) is 0 Å². The van der Waals surface area contributed by atoms with E-state index in [0.29, 0.717) is 13.1 Å². The zero-order valence-corrected chi connectivity index (χ0v) is 10.5. The number of nitrogens with one attached hydrogen (secondary N) is 2. The van der Waals surface area contributed by atoms with Crippen molar-refractivity contribution >= 4 is 27.8 Å². The first kappa shape index (κ1) is 12.7. The van der Waals surface area contributed by atoms with E-state index in [0.717, 1.165) is 22.7 Å². The lowest BCUT2D eigenvalue weighted by Gasteiger charge is -2.07. The zero-order chi connectivity index (χ0) is 12.0. The predicted octanol–water partition coefficient (Wildman–Crippen LogP) is 0.882. The Bertz CT molecular complexity index is 371. The second-order valence-electron chi connectivity index (χ2n) is 3.06. The molecule has 0 saturated heterocycles. The van der Waals surface area contributed by atoms with Crippen LogP contribution in [0.1, 0.15) is 12.7 Å². The minimum Gasteiger partial charge on any atom is -0.368 e. The van der Waals surface area contributed by atoms with E-state index < -0.39 is 6.03 Å². The summed E-state index contributed by atoms with van der Waals surface area (Å²) in [7, 11) is 0. The third kappa shape index (κ3) is 4.43. The Hall–Kier alpha value is -1.37. The van der Waals surface area contributed by atoms with E-state index in [9.17, 15) is 4.79 Å². The molecule has 0 aliphatic rings. The number of anilines is 1. The molecule has 0 radical (unpaired) electrons. The summed E-state index contributed by atoms with van der Waals surface area (Å²) in [6, 6.07) is 1.25. The number of carbonyl (C=O) groups is 1. The Balaban J connectivity index is 2.47. The molecule has 1 rings (SSSR count). The van der Waals surface area contributed by atoms with Gasteiger partial charge in [0.25, 0.3) is 0 Å². The van der Waals surface area contributed by atoms with Crippen LogP contribution in [-0.2, 0) is 6.42 Å². The summed E-state index contributed by atoms with van der Waals surface area (Å²) < 4.78 is 0.740. The van der Waals surface area contributed by atoms with Gasteiger partial charge in [0, 0.05) is 25.6 Å². The van der Waals surface area contributed by atoms with E-state index in [1.54, 1.807) is 6.07 Å². The first-order valence-corrected chi connectivity index (χ1v) is 5.71. The molecule has 4 N–H and O–H groups in total. The SMILES string of the molecule is CCc1nc(Br)cc(NCCNC(N)=O)n1. The van der Waals surface area contributed by atoms with Crippen LogP contribution in [-0.4, -0.2) is 29.1 Å². The Morgan fingerprint density at radius 1 is 1.50 bits per heavy atom. The molecule has 1 aromatic rings.